The van der Waals surface area contributed by atoms with Crippen molar-refractivity contribution in [3.63, 3.8) is 0 Å². The third-order valence-corrected chi connectivity index (χ3v) is 6.75. The van der Waals surface area contributed by atoms with E-state index in [1.807, 2.05) is 6.92 Å². The lowest BCUT2D eigenvalue weighted by Gasteiger charge is -2.32. The molecular weight excluding hydrogens is 324 g/mol. The van der Waals surface area contributed by atoms with E-state index in [-0.39, 0.29) is 35.9 Å². The van der Waals surface area contributed by atoms with Gasteiger partial charge in [0.25, 0.3) is 0 Å². The van der Waals surface area contributed by atoms with Crippen LogP contribution in [0.25, 0.3) is 0 Å². The van der Waals surface area contributed by atoms with Gasteiger partial charge in [0.1, 0.15) is 0 Å². The van der Waals surface area contributed by atoms with Gasteiger partial charge in [0.2, 0.25) is 5.91 Å². The minimum absolute atomic E-state index is 0. The Morgan fingerprint density at radius 1 is 1.27 bits per heavy atom. The summed E-state index contributed by atoms with van der Waals surface area (Å²) < 4.78 is 23.2. The van der Waals surface area contributed by atoms with Crippen LogP contribution in [-0.4, -0.2) is 56.4 Å². The van der Waals surface area contributed by atoms with Gasteiger partial charge in [-0.3, -0.25) is 4.79 Å². The molecule has 2 heterocycles. The van der Waals surface area contributed by atoms with Gasteiger partial charge in [0.15, 0.2) is 9.84 Å². The predicted molar refractivity (Wildman–Crippen MR) is 91.1 cm³/mol. The fourth-order valence-corrected chi connectivity index (χ4v) is 5.36. The summed E-state index contributed by atoms with van der Waals surface area (Å²) in [5.41, 5.74) is 0. The summed E-state index contributed by atoms with van der Waals surface area (Å²) in [6.07, 6.45) is 3.43. The number of carbonyl (C=O) groups is 1. The van der Waals surface area contributed by atoms with Gasteiger partial charge in [-0.15, -0.1) is 12.4 Å². The Morgan fingerprint density at radius 3 is 2.41 bits per heavy atom. The van der Waals surface area contributed by atoms with E-state index in [2.05, 4.69) is 12.2 Å². The standard InChI is InChI=1S/C15H28N2O3S.ClH/c1-3-17(14-6-9-21(19,20)11-14)15(18)10-12(2)13-4-7-16-8-5-13;/h12-14,16H,3-11H2,1-2H3;1H. The molecular formula is C15H29ClN2O3S. The van der Waals surface area contributed by atoms with E-state index < -0.39 is 9.84 Å². The lowest BCUT2D eigenvalue weighted by Crippen LogP contribution is -2.42. The van der Waals surface area contributed by atoms with E-state index in [9.17, 15) is 13.2 Å². The maximum Gasteiger partial charge on any atom is 0.223 e. The van der Waals surface area contributed by atoms with Crippen molar-refractivity contribution in [2.24, 2.45) is 11.8 Å². The maximum absolute atomic E-state index is 12.5. The van der Waals surface area contributed by atoms with E-state index in [0.717, 1.165) is 25.9 Å². The summed E-state index contributed by atoms with van der Waals surface area (Å²) >= 11 is 0. The molecule has 0 radical (unpaired) electrons. The molecule has 7 heteroatoms. The quantitative estimate of drug-likeness (QED) is 0.813. The predicted octanol–water partition coefficient (Wildman–Crippen LogP) is 1.47. The Morgan fingerprint density at radius 2 is 1.91 bits per heavy atom. The van der Waals surface area contributed by atoms with Gasteiger partial charge in [-0.1, -0.05) is 6.92 Å². The van der Waals surface area contributed by atoms with Gasteiger partial charge in [-0.2, -0.15) is 0 Å². The zero-order valence-corrected chi connectivity index (χ0v) is 15.2. The van der Waals surface area contributed by atoms with Crippen molar-refractivity contribution >= 4 is 28.2 Å². The Labute approximate surface area is 140 Å². The molecule has 0 aromatic carbocycles. The average molecular weight is 353 g/mol. The zero-order valence-electron chi connectivity index (χ0n) is 13.6. The van der Waals surface area contributed by atoms with Gasteiger partial charge in [0, 0.05) is 19.0 Å². The van der Waals surface area contributed by atoms with E-state index in [0.29, 0.717) is 31.2 Å². The monoisotopic (exact) mass is 352 g/mol. The highest BCUT2D eigenvalue weighted by Gasteiger charge is 2.34. The van der Waals surface area contributed by atoms with E-state index in [4.69, 9.17) is 0 Å². The third-order valence-electron chi connectivity index (χ3n) is 5.00. The van der Waals surface area contributed by atoms with Gasteiger partial charge in [-0.25, -0.2) is 8.42 Å². The summed E-state index contributed by atoms with van der Waals surface area (Å²) in [5.74, 6) is 1.50. The summed E-state index contributed by atoms with van der Waals surface area (Å²) in [5, 5.41) is 3.35. The number of nitrogens with zero attached hydrogens (tertiary/aromatic N) is 1. The van der Waals surface area contributed by atoms with Crippen LogP contribution in [0.1, 0.15) is 39.5 Å². The van der Waals surface area contributed by atoms with Gasteiger partial charge in [0.05, 0.1) is 11.5 Å². The lowest BCUT2D eigenvalue weighted by molar-refractivity contribution is -0.134. The van der Waals surface area contributed by atoms with Crippen LogP contribution in [0, 0.1) is 11.8 Å². The number of hydrogen-bond acceptors (Lipinski definition) is 4. The SMILES string of the molecule is CCN(C(=O)CC(C)C1CCNCC1)C1CCS(=O)(=O)C1.Cl. The zero-order chi connectivity index (χ0) is 15.5. The molecule has 2 aliphatic rings. The molecule has 1 N–H and O–H groups in total. The van der Waals surface area contributed by atoms with Crippen molar-refractivity contribution in [1.82, 2.24) is 10.2 Å². The second-order valence-corrected chi connectivity index (χ2v) is 8.73. The summed E-state index contributed by atoms with van der Waals surface area (Å²) in [4.78, 5) is 14.3. The van der Waals surface area contributed by atoms with Crippen molar-refractivity contribution in [3.8, 4) is 0 Å². The largest absolute Gasteiger partial charge is 0.339 e. The summed E-state index contributed by atoms with van der Waals surface area (Å²) in [7, 11) is -2.94. The number of nitrogens with one attached hydrogen (secondary N) is 1. The molecule has 0 aromatic rings. The fourth-order valence-electron chi connectivity index (χ4n) is 3.63. The number of carbonyl (C=O) groups excluding carboxylic acids is 1. The van der Waals surface area contributed by atoms with Gasteiger partial charge >= 0.3 is 0 Å². The van der Waals surface area contributed by atoms with Crippen molar-refractivity contribution < 1.29 is 13.2 Å². The van der Waals surface area contributed by atoms with Crippen LogP contribution in [0.4, 0.5) is 0 Å². The first-order valence-corrected chi connectivity index (χ1v) is 9.95. The molecule has 2 fully saturated rings. The Kier molecular flexibility index (Phi) is 7.62. The number of hydrogen-bond donors (Lipinski definition) is 1. The van der Waals surface area contributed by atoms with Crippen molar-refractivity contribution in [2.75, 3.05) is 31.1 Å². The van der Waals surface area contributed by atoms with E-state index in [1.54, 1.807) is 4.90 Å². The van der Waals surface area contributed by atoms with Crippen molar-refractivity contribution in [1.29, 1.82) is 0 Å². The van der Waals surface area contributed by atoms with Crippen LogP contribution >= 0.6 is 12.4 Å². The van der Waals surface area contributed by atoms with Crippen molar-refractivity contribution in [3.05, 3.63) is 0 Å². The van der Waals surface area contributed by atoms with Crippen LogP contribution in [0.15, 0.2) is 0 Å². The number of halogens is 1. The first kappa shape index (κ1) is 19.7. The third kappa shape index (κ3) is 5.10. The molecule has 22 heavy (non-hydrogen) atoms. The highest BCUT2D eigenvalue weighted by molar-refractivity contribution is 7.91. The molecule has 0 bridgehead atoms. The molecule has 2 rings (SSSR count). The highest BCUT2D eigenvalue weighted by atomic mass is 35.5. The molecule has 130 valence electrons. The fraction of sp³-hybridized carbons (Fsp3) is 0.933. The molecule has 0 spiro atoms. The molecule has 0 aromatic heterocycles. The topological polar surface area (TPSA) is 66.5 Å². The van der Waals surface area contributed by atoms with E-state index >= 15 is 0 Å². The molecule has 0 saturated carbocycles. The Hall–Kier alpha value is -0.330. The minimum atomic E-state index is -2.94. The number of piperidine rings is 1. The molecule has 2 atom stereocenters. The first-order valence-electron chi connectivity index (χ1n) is 8.13. The smallest absolute Gasteiger partial charge is 0.223 e. The molecule has 2 saturated heterocycles. The van der Waals surface area contributed by atoms with Gasteiger partial charge in [-0.05, 0) is 51.1 Å². The van der Waals surface area contributed by atoms with Crippen LogP contribution in [0.2, 0.25) is 0 Å². The van der Waals surface area contributed by atoms with Crippen LogP contribution in [0.5, 0.6) is 0 Å². The second kappa shape index (κ2) is 8.50. The van der Waals surface area contributed by atoms with Gasteiger partial charge < -0.3 is 10.2 Å². The molecule has 2 aliphatic heterocycles. The summed E-state index contributed by atoms with van der Waals surface area (Å²) in [6, 6.07) is -0.104. The first-order chi connectivity index (χ1) is 9.93. The average Bonchev–Trinajstić information content (AvgIpc) is 2.80. The minimum Gasteiger partial charge on any atom is -0.339 e. The van der Waals surface area contributed by atoms with E-state index in [1.165, 1.54) is 0 Å². The number of sulfone groups is 1. The number of rotatable bonds is 5. The summed E-state index contributed by atoms with van der Waals surface area (Å²) in [6.45, 7) is 6.80. The maximum atomic E-state index is 12.5. The Balaban J connectivity index is 0.00000242. The highest BCUT2D eigenvalue weighted by Crippen LogP contribution is 2.26. The second-order valence-electron chi connectivity index (χ2n) is 6.51. The van der Waals surface area contributed by atoms with Crippen LogP contribution in [-0.2, 0) is 14.6 Å². The molecule has 0 aliphatic carbocycles. The molecule has 2 unspecified atom stereocenters. The van der Waals surface area contributed by atoms with Crippen LogP contribution in [0.3, 0.4) is 0 Å². The molecule has 5 nitrogen and oxygen atoms in total. The number of amides is 1. The molecule has 1 amide bonds. The van der Waals surface area contributed by atoms with Crippen molar-refractivity contribution in [2.45, 2.75) is 45.6 Å². The van der Waals surface area contributed by atoms with Crippen LogP contribution < -0.4 is 5.32 Å². The normalized spacial score (nSPS) is 26.2. The lowest BCUT2D eigenvalue weighted by atomic mass is 9.84. The Bertz CT molecular complexity index is 463.